The molecule has 0 fully saturated rings. The largest absolute Gasteiger partial charge is 0.106 e. The quantitative estimate of drug-likeness (QED) is 0.428. The third-order valence-corrected chi connectivity index (χ3v) is 0.500. The van der Waals surface area contributed by atoms with Crippen molar-refractivity contribution in [3.63, 3.8) is 0 Å². The summed E-state index contributed by atoms with van der Waals surface area (Å²) in [5.74, 6) is 0. The van der Waals surface area contributed by atoms with Crippen molar-refractivity contribution >= 4 is 0 Å². The minimum atomic E-state index is 1.32. The van der Waals surface area contributed by atoms with Gasteiger partial charge in [-0.15, -0.1) is 26.3 Å². The van der Waals surface area contributed by atoms with Crippen LogP contribution in [0.1, 0.15) is 68.2 Å². The summed E-state index contributed by atoms with van der Waals surface area (Å²) in [5, 5.41) is 0. The lowest BCUT2D eigenvalue weighted by atomic mass is 10.4. The van der Waals surface area contributed by atoms with Crippen LogP contribution in [0.3, 0.4) is 0 Å². The third kappa shape index (κ3) is 5470. The maximum absolute atomic E-state index is 3.00. The van der Waals surface area contributed by atoms with Crippen LogP contribution in [0.2, 0.25) is 0 Å². The van der Waals surface area contributed by atoms with Crippen LogP contribution < -0.4 is 0 Å². The highest BCUT2D eigenvalue weighted by atomic mass is 13.6. The standard InChI is InChI=1S/C4H10.3C2H6.2C2H4/c1-3-4-2;5*1-2/h3-4H2,1-2H3;3*1-2H3;2*1-2H2. The SMILES string of the molecule is C=C.C=C.CC.CC.CC.CCCC. The Hall–Kier alpha value is -0.520. The normalized spacial score (nSPS) is 4.00. The Balaban J connectivity index is -0.0000000143. The van der Waals surface area contributed by atoms with Crippen LogP contribution in [0.25, 0.3) is 0 Å². The van der Waals surface area contributed by atoms with Crippen LogP contribution in [0.4, 0.5) is 0 Å². The first kappa shape index (κ1) is 37.5. The van der Waals surface area contributed by atoms with E-state index in [2.05, 4.69) is 40.2 Å². The van der Waals surface area contributed by atoms with Crippen LogP contribution in [0, 0.1) is 0 Å². The predicted octanol–water partition coefficient (Wildman–Crippen LogP) is 6.49. The molecule has 0 radical (unpaired) electrons. The van der Waals surface area contributed by atoms with Crippen molar-refractivity contribution in [3.8, 4) is 0 Å². The van der Waals surface area contributed by atoms with E-state index in [1.165, 1.54) is 12.8 Å². The van der Waals surface area contributed by atoms with E-state index in [1.807, 2.05) is 41.5 Å². The van der Waals surface area contributed by atoms with Crippen molar-refractivity contribution in [2.75, 3.05) is 0 Å². The van der Waals surface area contributed by atoms with Crippen molar-refractivity contribution < 1.29 is 0 Å². The maximum atomic E-state index is 3.00. The molecular weight excluding hydrogens is 168 g/mol. The Morgan fingerprint density at radius 1 is 0.500 bits per heavy atom. The molecule has 0 aliphatic heterocycles. The molecule has 0 aliphatic rings. The summed E-state index contributed by atoms with van der Waals surface area (Å²) >= 11 is 0. The molecule has 0 nitrogen and oxygen atoms in total. The highest BCUT2D eigenvalue weighted by Gasteiger charge is 1.56. The highest BCUT2D eigenvalue weighted by Crippen LogP contribution is 1.76. The van der Waals surface area contributed by atoms with Crippen molar-refractivity contribution in [3.05, 3.63) is 26.3 Å². The van der Waals surface area contributed by atoms with Gasteiger partial charge in [0, 0.05) is 0 Å². The summed E-state index contributed by atoms with van der Waals surface area (Å²) in [4.78, 5) is 0. The second-order valence-electron chi connectivity index (χ2n) is 1.000. The zero-order valence-electron chi connectivity index (χ0n) is 12.2. The van der Waals surface area contributed by atoms with Crippen LogP contribution in [-0.2, 0) is 0 Å². The number of rotatable bonds is 1. The zero-order valence-corrected chi connectivity index (χ0v) is 12.2. The minimum Gasteiger partial charge on any atom is -0.106 e. The molecule has 0 aliphatic carbocycles. The Kier molecular flexibility index (Phi) is 2010. The summed E-state index contributed by atoms with van der Waals surface area (Å²) in [6.07, 6.45) is 2.64. The molecule has 0 saturated carbocycles. The van der Waals surface area contributed by atoms with Crippen LogP contribution >= 0.6 is 0 Å². The molecule has 0 N–H and O–H groups in total. The fourth-order valence-corrected chi connectivity index (χ4v) is 0. The van der Waals surface area contributed by atoms with Gasteiger partial charge in [-0.25, -0.2) is 0 Å². The monoisotopic (exact) mass is 204 g/mol. The second kappa shape index (κ2) is 751. The van der Waals surface area contributed by atoms with Crippen molar-refractivity contribution in [2.24, 2.45) is 0 Å². The molecule has 0 heterocycles. The van der Waals surface area contributed by atoms with E-state index < -0.39 is 0 Å². The molecular formula is C14H36. The van der Waals surface area contributed by atoms with E-state index >= 15 is 0 Å². The molecule has 14 heavy (non-hydrogen) atoms. The molecule has 0 bridgehead atoms. The van der Waals surface area contributed by atoms with E-state index in [9.17, 15) is 0 Å². The first-order valence-electron chi connectivity index (χ1n) is 5.91. The van der Waals surface area contributed by atoms with Crippen molar-refractivity contribution in [1.82, 2.24) is 0 Å². The molecule has 0 amide bonds. The Labute approximate surface area is 95.1 Å². The van der Waals surface area contributed by atoms with Gasteiger partial charge in [0.15, 0.2) is 0 Å². The molecule has 0 aromatic carbocycles. The van der Waals surface area contributed by atoms with Crippen LogP contribution in [0.15, 0.2) is 26.3 Å². The van der Waals surface area contributed by atoms with E-state index in [0.717, 1.165) is 0 Å². The maximum Gasteiger partial charge on any atom is -0.0564 e. The van der Waals surface area contributed by atoms with Gasteiger partial charge < -0.3 is 0 Å². The van der Waals surface area contributed by atoms with E-state index in [4.69, 9.17) is 0 Å². The van der Waals surface area contributed by atoms with Gasteiger partial charge in [-0.1, -0.05) is 68.2 Å². The molecule has 92 valence electrons. The Morgan fingerprint density at radius 3 is 0.571 bits per heavy atom. The molecule has 0 aromatic heterocycles. The van der Waals surface area contributed by atoms with Gasteiger partial charge in [-0.2, -0.15) is 0 Å². The van der Waals surface area contributed by atoms with Crippen molar-refractivity contribution in [1.29, 1.82) is 0 Å². The fourth-order valence-electron chi connectivity index (χ4n) is 0. The molecule has 0 spiro atoms. The summed E-state index contributed by atoms with van der Waals surface area (Å²) < 4.78 is 0. The van der Waals surface area contributed by atoms with E-state index in [-0.39, 0.29) is 0 Å². The van der Waals surface area contributed by atoms with E-state index in [0.29, 0.717) is 0 Å². The molecule has 0 rings (SSSR count). The summed E-state index contributed by atoms with van der Waals surface area (Å²) in [6.45, 7) is 28.4. The number of unbranched alkanes of at least 4 members (excludes halogenated alkanes) is 1. The lowest BCUT2D eigenvalue weighted by Crippen LogP contribution is -1.47. The lowest BCUT2D eigenvalue weighted by Gasteiger charge is -1.68. The topological polar surface area (TPSA) is 0 Å². The van der Waals surface area contributed by atoms with Gasteiger partial charge >= 0.3 is 0 Å². The number of hydrogen-bond donors (Lipinski definition) is 0. The van der Waals surface area contributed by atoms with Crippen molar-refractivity contribution in [2.45, 2.75) is 68.2 Å². The van der Waals surface area contributed by atoms with Gasteiger partial charge in [0.25, 0.3) is 0 Å². The van der Waals surface area contributed by atoms with Gasteiger partial charge in [-0.05, 0) is 0 Å². The smallest absolute Gasteiger partial charge is 0.0564 e. The summed E-state index contributed by atoms with van der Waals surface area (Å²) in [6, 6.07) is 0. The number of hydrogen-bond acceptors (Lipinski definition) is 0. The average Bonchev–Trinajstić information content (AvgIpc) is 2.41. The first-order valence-corrected chi connectivity index (χ1v) is 5.91. The van der Waals surface area contributed by atoms with Crippen LogP contribution in [-0.4, -0.2) is 0 Å². The molecule has 0 aromatic rings. The third-order valence-electron chi connectivity index (χ3n) is 0.500. The van der Waals surface area contributed by atoms with E-state index in [1.54, 1.807) is 0 Å². The predicted molar refractivity (Wildman–Crippen MR) is 77.1 cm³/mol. The van der Waals surface area contributed by atoms with Gasteiger partial charge in [-0.3, -0.25) is 0 Å². The first-order chi connectivity index (χ1) is 6.91. The highest BCUT2D eigenvalue weighted by molar-refractivity contribution is 4.22. The minimum absolute atomic E-state index is 1.32. The zero-order chi connectivity index (χ0) is 13.4. The molecule has 0 heteroatoms. The molecule has 0 saturated heterocycles. The summed E-state index contributed by atoms with van der Waals surface area (Å²) in [5.41, 5.74) is 0. The lowest BCUT2D eigenvalue weighted by molar-refractivity contribution is 0.886. The van der Waals surface area contributed by atoms with Gasteiger partial charge in [0.2, 0.25) is 0 Å². The van der Waals surface area contributed by atoms with Crippen LogP contribution in [0.5, 0.6) is 0 Å². The van der Waals surface area contributed by atoms with Gasteiger partial charge in [0.1, 0.15) is 0 Å². The Bertz CT molecular complexity index is 12.0. The fraction of sp³-hybridized carbons (Fsp3) is 0.714. The molecule has 0 unspecified atom stereocenters. The van der Waals surface area contributed by atoms with Gasteiger partial charge in [0.05, 0.1) is 0 Å². The Morgan fingerprint density at radius 2 is 0.571 bits per heavy atom. The molecule has 0 atom stereocenters. The summed E-state index contributed by atoms with van der Waals surface area (Å²) in [7, 11) is 0. The second-order valence-corrected chi connectivity index (χ2v) is 1.000. The average molecular weight is 204 g/mol.